The van der Waals surface area contributed by atoms with Crippen molar-refractivity contribution in [1.29, 1.82) is 0 Å². The van der Waals surface area contributed by atoms with Crippen LogP contribution in [0.2, 0.25) is 0 Å². The lowest BCUT2D eigenvalue weighted by Gasteiger charge is -2.07. The number of aryl methyl sites for hydroxylation is 1. The van der Waals surface area contributed by atoms with Gasteiger partial charge in [-0.25, -0.2) is 8.42 Å². The van der Waals surface area contributed by atoms with E-state index in [-0.39, 0.29) is 5.25 Å². The maximum absolute atomic E-state index is 11.7. The molecule has 1 aromatic rings. The van der Waals surface area contributed by atoms with Gasteiger partial charge in [-0.15, -0.1) is 0 Å². The van der Waals surface area contributed by atoms with E-state index in [0.717, 1.165) is 0 Å². The van der Waals surface area contributed by atoms with Crippen molar-refractivity contribution in [3.05, 3.63) is 12.4 Å². The summed E-state index contributed by atoms with van der Waals surface area (Å²) in [4.78, 5) is 0.310. The van der Waals surface area contributed by atoms with Gasteiger partial charge in [0, 0.05) is 13.2 Å². The van der Waals surface area contributed by atoms with Gasteiger partial charge in [-0.05, 0) is 13.3 Å². The van der Waals surface area contributed by atoms with Crippen LogP contribution in [-0.4, -0.2) is 23.4 Å². The molecule has 1 atom stereocenters. The first-order valence-electron chi connectivity index (χ1n) is 4.21. The average Bonchev–Trinajstić information content (AvgIpc) is 2.50. The maximum atomic E-state index is 11.7. The normalized spacial score (nSPS) is 14.4. The molecule has 13 heavy (non-hydrogen) atoms. The average molecular weight is 202 g/mol. The molecule has 0 fully saturated rings. The molecule has 0 amide bonds. The highest BCUT2D eigenvalue weighted by Gasteiger charge is 2.22. The highest BCUT2D eigenvalue weighted by atomic mass is 32.2. The molecule has 0 saturated carbocycles. The Morgan fingerprint density at radius 1 is 1.62 bits per heavy atom. The van der Waals surface area contributed by atoms with E-state index >= 15 is 0 Å². The SMILES string of the molecule is CCC(C)S(=O)(=O)c1cnn(C)c1. The van der Waals surface area contributed by atoms with Gasteiger partial charge in [-0.1, -0.05) is 6.92 Å². The molecule has 5 heteroatoms. The predicted octanol–water partition coefficient (Wildman–Crippen LogP) is 0.992. The van der Waals surface area contributed by atoms with Gasteiger partial charge in [-0.2, -0.15) is 5.10 Å². The van der Waals surface area contributed by atoms with Crippen molar-refractivity contribution in [3.63, 3.8) is 0 Å². The van der Waals surface area contributed by atoms with E-state index in [1.54, 1.807) is 14.0 Å². The smallest absolute Gasteiger partial charge is 0.184 e. The van der Waals surface area contributed by atoms with Crippen LogP contribution in [0.3, 0.4) is 0 Å². The van der Waals surface area contributed by atoms with Crippen LogP contribution in [0, 0.1) is 0 Å². The van der Waals surface area contributed by atoms with Gasteiger partial charge in [-0.3, -0.25) is 4.68 Å². The van der Waals surface area contributed by atoms with Crippen molar-refractivity contribution in [2.45, 2.75) is 30.4 Å². The standard InChI is InChI=1S/C8H14N2O2S/c1-4-7(2)13(11,12)8-5-9-10(3)6-8/h5-7H,4H2,1-3H3. The Hall–Kier alpha value is -0.840. The minimum atomic E-state index is -3.15. The number of hydrogen-bond donors (Lipinski definition) is 0. The van der Waals surface area contributed by atoms with E-state index < -0.39 is 9.84 Å². The van der Waals surface area contributed by atoms with Crippen LogP contribution in [0.4, 0.5) is 0 Å². The third-order valence-electron chi connectivity index (χ3n) is 2.11. The van der Waals surface area contributed by atoms with Crippen LogP contribution in [0.5, 0.6) is 0 Å². The van der Waals surface area contributed by atoms with Gasteiger partial charge in [0.2, 0.25) is 0 Å². The Morgan fingerprint density at radius 2 is 2.23 bits per heavy atom. The van der Waals surface area contributed by atoms with Crippen LogP contribution in [0.25, 0.3) is 0 Å². The third kappa shape index (κ3) is 1.91. The predicted molar refractivity (Wildman–Crippen MR) is 50.1 cm³/mol. The van der Waals surface area contributed by atoms with Crippen LogP contribution in [0.15, 0.2) is 17.3 Å². The lowest BCUT2D eigenvalue weighted by molar-refractivity contribution is 0.581. The second-order valence-corrected chi connectivity index (χ2v) is 5.48. The summed E-state index contributed by atoms with van der Waals surface area (Å²) in [5, 5.41) is 3.50. The lowest BCUT2D eigenvalue weighted by Crippen LogP contribution is -2.16. The van der Waals surface area contributed by atoms with E-state index in [2.05, 4.69) is 5.10 Å². The van der Waals surface area contributed by atoms with Gasteiger partial charge >= 0.3 is 0 Å². The van der Waals surface area contributed by atoms with E-state index in [4.69, 9.17) is 0 Å². The molecular formula is C8H14N2O2S. The fourth-order valence-electron chi connectivity index (χ4n) is 0.997. The molecule has 0 aliphatic heterocycles. The zero-order valence-corrected chi connectivity index (χ0v) is 8.87. The number of sulfone groups is 1. The fourth-order valence-corrected chi connectivity index (χ4v) is 2.39. The largest absolute Gasteiger partial charge is 0.274 e. The second-order valence-electron chi connectivity index (χ2n) is 3.11. The van der Waals surface area contributed by atoms with Crippen LogP contribution < -0.4 is 0 Å². The molecule has 0 N–H and O–H groups in total. The molecule has 0 radical (unpaired) electrons. The number of aromatic nitrogens is 2. The molecule has 0 aliphatic rings. The summed E-state index contributed by atoms with van der Waals surface area (Å²) < 4.78 is 24.9. The Morgan fingerprint density at radius 3 is 2.62 bits per heavy atom. The number of nitrogens with zero attached hydrogens (tertiary/aromatic N) is 2. The van der Waals surface area contributed by atoms with E-state index in [1.165, 1.54) is 17.1 Å². The van der Waals surface area contributed by atoms with Gasteiger partial charge in [0.1, 0.15) is 4.90 Å². The molecule has 0 aliphatic carbocycles. The van der Waals surface area contributed by atoms with Crippen molar-refractivity contribution in [1.82, 2.24) is 9.78 Å². The third-order valence-corrected chi connectivity index (χ3v) is 4.38. The topological polar surface area (TPSA) is 52.0 Å². The summed E-state index contributed by atoms with van der Waals surface area (Å²) in [7, 11) is -1.45. The zero-order valence-electron chi connectivity index (χ0n) is 8.06. The van der Waals surface area contributed by atoms with Crippen molar-refractivity contribution in [2.75, 3.05) is 0 Å². The monoisotopic (exact) mass is 202 g/mol. The molecule has 0 aromatic carbocycles. The summed E-state index contributed by atoms with van der Waals surface area (Å²) in [6.07, 6.45) is 3.54. The minimum Gasteiger partial charge on any atom is -0.274 e. The van der Waals surface area contributed by atoms with Crippen LogP contribution in [0.1, 0.15) is 20.3 Å². The zero-order chi connectivity index (χ0) is 10.1. The molecule has 1 unspecified atom stereocenters. The fraction of sp³-hybridized carbons (Fsp3) is 0.625. The Labute approximate surface area is 78.5 Å². The Bertz CT molecular complexity index is 381. The summed E-state index contributed by atoms with van der Waals surface area (Å²) in [5.74, 6) is 0. The lowest BCUT2D eigenvalue weighted by atomic mass is 10.4. The van der Waals surface area contributed by atoms with E-state index in [1.807, 2.05) is 6.92 Å². The Kier molecular flexibility index (Phi) is 2.75. The molecule has 1 heterocycles. The quantitative estimate of drug-likeness (QED) is 0.734. The van der Waals surface area contributed by atoms with Crippen molar-refractivity contribution in [3.8, 4) is 0 Å². The summed E-state index contributed by atoms with van der Waals surface area (Å²) in [5.41, 5.74) is 0. The molecular weight excluding hydrogens is 188 g/mol. The summed E-state index contributed by atoms with van der Waals surface area (Å²) >= 11 is 0. The molecule has 0 spiro atoms. The molecule has 0 saturated heterocycles. The summed E-state index contributed by atoms with van der Waals surface area (Å²) in [6.45, 7) is 3.57. The molecule has 74 valence electrons. The van der Waals surface area contributed by atoms with Crippen molar-refractivity contribution >= 4 is 9.84 Å². The number of hydrogen-bond acceptors (Lipinski definition) is 3. The minimum absolute atomic E-state index is 0.310. The summed E-state index contributed by atoms with van der Waals surface area (Å²) in [6, 6.07) is 0. The van der Waals surface area contributed by atoms with Crippen molar-refractivity contribution < 1.29 is 8.42 Å². The van der Waals surface area contributed by atoms with Crippen LogP contribution in [-0.2, 0) is 16.9 Å². The Balaban J connectivity index is 3.08. The number of rotatable bonds is 3. The van der Waals surface area contributed by atoms with Crippen molar-refractivity contribution in [2.24, 2.45) is 7.05 Å². The van der Waals surface area contributed by atoms with E-state index in [9.17, 15) is 8.42 Å². The van der Waals surface area contributed by atoms with E-state index in [0.29, 0.717) is 11.3 Å². The first-order chi connectivity index (χ1) is 5.98. The first kappa shape index (κ1) is 10.2. The van der Waals surface area contributed by atoms with Gasteiger partial charge in [0.15, 0.2) is 9.84 Å². The first-order valence-corrected chi connectivity index (χ1v) is 5.75. The van der Waals surface area contributed by atoms with Crippen LogP contribution >= 0.6 is 0 Å². The molecule has 1 rings (SSSR count). The molecule has 4 nitrogen and oxygen atoms in total. The second kappa shape index (κ2) is 3.49. The van der Waals surface area contributed by atoms with Gasteiger partial charge < -0.3 is 0 Å². The van der Waals surface area contributed by atoms with Gasteiger partial charge in [0.25, 0.3) is 0 Å². The highest BCUT2D eigenvalue weighted by Crippen LogP contribution is 2.16. The molecule has 0 bridgehead atoms. The molecule has 1 aromatic heterocycles. The highest BCUT2D eigenvalue weighted by molar-refractivity contribution is 7.92. The maximum Gasteiger partial charge on any atom is 0.184 e. The van der Waals surface area contributed by atoms with Gasteiger partial charge in [0.05, 0.1) is 11.4 Å².